The molecule has 0 bridgehead atoms. The molecule has 0 saturated heterocycles. The maximum Gasteiger partial charge on any atom is 0.387 e. The van der Waals surface area contributed by atoms with Crippen LogP contribution in [0.3, 0.4) is 0 Å². The van der Waals surface area contributed by atoms with Gasteiger partial charge in [-0.3, -0.25) is 4.79 Å². The minimum Gasteiger partial charge on any atom is -0.506 e. The summed E-state index contributed by atoms with van der Waals surface area (Å²) in [7, 11) is 1.54. The molecular weight excluding hydrogens is 776 g/mol. The van der Waals surface area contributed by atoms with Gasteiger partial charge in [0.15, 0.2) is 40.4 Å². The van der Waals surface area contributed by atoms with E-state index in [1.807, 2.05) is 70.2 Å². The van der Waals surface area contributed by atoms with Crippen molar-refractivity contribution in [3.05, 3.63) is 159 Å². The summed E-state index contributed by atoms with van der Waals surface area (Å²) in [6, 6.07) is 24.1. The lowest BCUT2D eigenvalue weighted by Crippen LogP contribution is -2.19. The van der Waals surface area contributed by atoms with Crippen LogP contribution in [0.2, 0.25) is 0 Å². The monoisotopic (exact) mass is 822 g/mol. The van der Waals surface area contributed by atoms with E-state index in [1.165, 1.54) is 25.3 Å². The van der Waals surface area contributed by atoms with Gasteiger partial charge in [0.2, 0.25) is 5.78 Å². The molecule has 0 heterocycles. The Morgan fingerprint density at radius 2 is 1.14 bits per heavy atom. The van der Waals surface area contributed by atoms with E-state index in [4.69, 9.17) is 24.8 Å². The summed E-state index contributed by atoms with van der Waals surface area (Å²) in [6.45, 7) is 12.0. The molecule has 59 heavy (non-hydrogen) atoms. The first kappa shape index (κ1) is 48.2. The maximum absolute atomic E-state index is 12.4. The highest BCUT2D eigenvalue weighted by Gasteiger charge is 2.32. The highest BCUT2D eigenvalue weighted by molar-refractivity contribution is 6.38. The number of aromatic carboxylic acids is 1. The fraction of sp³-hybridized carbons (Fsp3) is 0.200. The second kappa shape index (κ2) is 22.7. The molecule has 0 unspecified atom stereocenters. The molecule has 5 N–H and O–H groups in total. The fourth-order valence-electron chi connectivity index (χ4n) is 4.81. The summed E-state index contributed by atoms with van der Waals surface area (Å²) in [5.41, 5.74) is 5.48. The molecule has 0 spiro atoms. The van der Waals surface area contributed by atoms with Gasteiger partial charge < -0.3 is 39.7 Å². The zero-order chi connectivity index (χ0) is 44.6. The predicted octanol–water partition coefficient (Wildman–Crippen LogP) is 10.5. The van der Waals surface area contributed by atoms with Gasteiger partial charge in [-0.05, 0) is 118 Å². The largest absolute Gasteiger partial charge is 0.506 e. The zero-order valence-corrected chi connectivity index (χ0v) is 33.4. The Morgan fingerprint density at radius 3 is 1.58 bits per heavy atom. The second-order valence-electron chi connectivity index (χ2n) is 12.7. The molecule has 0 fully saturated rings. The van der Waals surface area contributed by atoms with E-state index in [1.54, 1.807) is 32.0 Å². The quantitative estimate of drug-likeness (QED) is 0.0789. The molecule has 14 heteroatoms. The van der Waals surface area contributed by atoms with E-state index < -0.39 is 30.0 Å². The number of aryl methyl sites for hydroxylation is 5. The third-order valence-corrected chi connectivity index (χ3v) is 7.86. The maximum atomic E-state index is 12.4. The Hall–Kier alpha value is -6.96. The Bertz CT molecular complexity index is 2250. The second-order valence-corrected chi connectivity index (χ2v) is 12.7. The molecule has 0 aliphatic heterocycles. The van der Waals surface area contributed by atoms with Crippen LogP contribution in [0.1, 0.15) is 50.7 Å². The van der Waals surface area contributed by atoms with Crippen LogP contribution in [0.15, 0.2) is 109 Å². The minimum absolute atomic E-state index is 0.0267. The number of aliphatic hydroxyl groups is 1. The van der Waals surface area contributed by atoms with Crippen LogP contribution in [0.25, 0.3) is 5.57 Å². The lowest BCUT2D eigenvalue weighted by molar-refractivity contribution is -0.111. The van der Waals surface area contributed by atoms with Gasteiger partial charge in [-0.25, -0.2) is 13.6 Å². The Labute approximate surface area is 339 Å². The molecule has 5 aromatic carbocycles. The summed E-state index contributed by atoms with van der Waals surface area (Å²) in [4.78, 5) is 21.9. The molecule has 0 aromatic heterocycles. The van der Waals surface area contributed by atoms with Gasteiger partial charge in [0.1, 0.15) is 17.1 Å². The number of phenols is 3. The number of benzene rings is 5. The standard InChI is InChI=1S/C12H10O2.C9H8F2O3.C9H12O2.C8H10O2.C7H6F2O/c1-7-3-5-9(6-4-7)10-11(13)8(2)12(10)14;1-5-2-3-6(8(12)13)7(4-5)14-9(10)11;1-3-11-9-6-7(2)4-5-8(9)10;1-6-3-4-7(9)8(5-6)10-2;1-4-2-5(8)7(10)6(9)3-4/h3-6,13H,2H2,1H3;2-4,9H,1H3,(H,12,13);4-6,10H,3H2,1-2H3;3-5,9H,1-2H3;2-3,10H,1H3. The van der Waals surface area contributed by atoms with Crippen LogP contribution >= 0.6 is 0 Å². The molecule has 10 nitrogen and oxygen atoms in total. The van der Waals surface area contributed by atoms with E-state index in [2.05, 4.69) is 11.3 Å². The predicted molar refractivity (Wildman–Crippen MR) is 216 cm³/mol. The molecule has 0 saturated carbocycles. The van der Waals surface area contributed by atoms with Crippen molar-refractivity contribution in [3.63, 3.8) is 0 Å². The van der Waals surface area contributed by atoms with E-state index in [0.29, 0.717) is 34.8 Å². The smallest absolute Gasteiger partial charge is 0.387 e. The number of carboxylic acids is 1. The minimum atomic E-state index is -3.02. The van der Waals surface area contributed by atoms with Crippen molar-refractivity contribution in [2.24, 2.45) is 0 Å². The average Bonchev–Trinajstić information content (AvgIpc) is 3.17. The van der Waals surface area contributed by atoms with Gasteiger partial charge in [0.25, 0.3) is 0 Å². The van der Waals surface area contributed by atoms with E-state index in [9.17, 15) is 37.4 Å². The number of allylic oxidation sites excluding steroid dienone is 2. The van der Waals surface area contributed by atoms with Crippen LogP contribution in [-0.4, -0.2) is 57.6 Å². The number of carbonyl (C=O) groups excluding carboxylic acids is 1. The molecular formula is C45H46F4O10. The number of methoxy groups -OCH3 is 1. The van der Waals surface area contributed by atoms with Crippen molar-refractivity contribution in [2.75, 3.05) is 13.7 Å². The summed E-state index contributed by atoms with van der Waals surface area (Å²) >= 11 is 0. The molecule has 5 aromatic rings. The van der Waals surface area contributed by atoms with Gasteiger partial charge in [-0.15, -0.1) is 0 Å². The topological polar surface area (TPSA) is 163 Å². The molecule has 1 aliphatic rings. The van der Waals surface area contributed by atoms with Crippen LogP contribution < -0.4 is 14.2 Å². The van der Waals surface area contributed by atoms with Crippen LogP contribution in [0, 0.1) is 46.3 Å². The molecule has 0 atom stereocenters. The third kappa shape index (κ3) is 14.8. The van der Waals surface area contributed by atoms with Crippen molar-refractivity contribution in [1.29, 1.82) is 0 Å². The van der Waals surface area contributed by atoms with Crippen LogP contribution in [0.5, 0.6) is 34.5 Å². The number of carbonyl (C=O) groups is 2. The average molecular weight is 823 g/mol. The Kier molecular flexibility index (Phi) is 18.5. The molecule has 0 radical (unpaired) electrons. The molecule has 1 aliphatic carbocycles. The van der Waals surface area contributed by atoms with Crippen molar-refractivity contribution >= 4 is 17.3 Å². The van der Waals surface area contributed by atoms with Crippen LogP contribution in [-0.2, 0) is 4.79 Å². The summed E-state index contributed by atoms with van der Waals surface area (Å²) in [6.07, 6.45) is 0. The number of alkyl halides is 2. The molecule has 6 rings (SSSR count). The first-order valence-electron chi connectivity index (χ1n) is 17.6. The lowest BCUT2D eigenvalue weighted by atomic mass is 9.84. The number of rotatable bonds is 7. The van der Waals surface area contributed by atoms with Gasteiger partial charge in [-0.1, -0.05) is 54.6 Å². The fourth-order valence-corrected chi connectivity index (χ4v) is 4.81. The number of ether oxygens (including phenoxy) is 3. The number of hydrogen-bond donors (Lipinski definition) is 5. The molecule has 314 valence electrons. The SMILES string of the molecule is C=C1C(=O)C(c2ccc(C)cc2)=C1O.CCOc1cc(C)ccc1O.COc1cc(C)ccc1O.Cc1cc(F)c(O)c(F)c1.Cc1ccc(C(=O)O)c(OC(F)F)c1. The number of ketones is 1. The van der Waals surface area contributed by atoms with Gasteiger partial charge >= 0.3 is 12.6 Å². The number of hydrogen-bond acceptors (Lipinski definition) is 9. The van der Waals surface area contributed by atoms with E-state index >= 15 is 0 Å². The first-order chi connectivity index (χ1) is 27.7. The normalized spacial score (nSPS) is 11.3. The Balaban J connectivity index is 0.000000256. The summed E-state index contributed by atoms with van der Waals surface area (Å²) < 4.78 is 62.6. The first-order valence-corrected chi connectivity index (χ1v) is 17.6. The van der Waals surface area contributed by atoms with Gasteiger partial charge in [0, 0.05) is 0 Å². The number of Topliss-reactive ketones (excluding diaryl/α,β-unsaturated/α-hetero) is 1. The lowest BCUT2D eigenvalue weighted by Gasteiger charge is -2.19. The van der Waals surface area contributed by atoms with Gasteiger partial charge in [-0.2, -0.15) is 8.78 Å². The van der Waals surface area contributed by atoms with Crippen molar-refractivity contribution < 1.29 is 66.9 Å². The third-order valence-electron chi connectivity index (χ3n) is 7.86. The highest BCUT2D eigenvalue weighted by atomic mass is 19.3. The summed E-state index contributed by atoms with van der Waals surface area (Å²) in [5.74, 6) is -3.00. The van der Waals surface area contributed by atoms with E-state index in [0.717, 1.165) is 34.4 Å². The Morgan fingerprint density at radius 1 is 0.678 bits per heavy atom. The number of halogens is 4. The van der Waals surface area contributed by atoms with Gasteiger partial charge in [0.05, 0.1) is 24.9 Å². The van der Waals surface area contributed by atoms with Crippen molar-refractivity contribution in [1.82, 2.24) is 0 Å². The number of phenolic OH excluding ortho intramolecular Hbond substituents is 3. The van der Waals surface area contributed by atoms with Crippen molar-refractivity contribution in [3.8, 4) is 34.5 Å². The van der Waals surface area contributed by atoms with Crippen molar-refractivity contribution in [2.45, 2.75) is 48.2 Å². The number of aliphatic hydroxyl groups excluding tert-OH is 1. The van der Waals surface area contributed by atoms with E-state index in [-0.39, 0.29) is 39.9 Å². The molecule has 0 amide bonds. The summed E-state index contributed by atoms with van der Waals surface area (Å²) in [5, 5.41) is 45.0. The van der Waals surface area contributed by atoms with Crippen LogP contribution in [0.4, 0.5) is 17.6 Å². The zero-order valence-electron chi connectivity index (χ0n) is 33.4. The number of aromatic hydroxyl groups is 3. The highest BCUT2D eigenvalue weighted by Crippen LogP contribution is 2.34. The number of carboxylic acid groups (broad SMARTS) is 1.